The second-order valence-corrected chi connectivity index (χ2v) is 30.9. The van der Waals surface area contributed by atoms with Crippen LogP contribution in [0.15, 0.2) is 522 Å². The Kier molecular flexibility index (Phi) is 32.2. The third kappa shape index (κ3) is 23.1. The molecule has 652 valence electrons. The quantitative estimate of drug-likeness (QED) is 0.0607. The molecule has 23 aromatic rings. The van der Waals surface area contributed by atoms with Crippen LogP contribution in [0.1, 0.15) is 0 Å². The summed E-state index contributed by atoms with van der Waals surface area (Å²) in [7, 11) is 2.48. The predicted octanol–water partition coefficient (Wildman–Crippen LogP) is 31.5. The zero-order chi connectivity index (χ0) is 93.1. The van der Waals surface area contributed by atoms with Crippen LogP contribution in [0.5, 0.6) is 5.75 Å². The number of hydrogen-bond acceptors (Lipinski definition) is 10. The van der Waals surface area contributed by atoms with Crippen molar-refractivity contribution in [1.29, 1.82) is 6.28 Å². The summed E-state index contributed by atoms with van der Waals surface area (Å²) in [5.41, 5.74) is 23.1. The van der Waals surface area contributed by atoms with Crippen LogP contribution in [0.25, 0.3) is 139 Å². The predicted molar refractivity (Wildman–Crippen MR) is 567 cm³/mol. The van der Waals surface area contributed by atoms with Gasteiger partial charge in [0.05, 0.1) is 23.5 Å². The van der Waals surface area contributed by atoms with E-state index < -0.39 is 0 Å². The molecule has 15 heteroatoms. The number of nitrogens with one attached hydrogen (secondary N) is 1. The maximum Gasteiger partial charge on any atom is 0.494 e. The minimum absolute atomic E-state index is 0. The summed E-state index contributed by atoms with van der Waals surface area (Å²) in [4.78, 5) is 32.2. The molecule has 5 heterocycles. The van der Waals surface area contributed by atoms with Gasteiger partial charge in [0.1, 0.15) is 11.3 Å². The zero-order valence-corrected chi connectivity index (χ0v) is 79.2. The van der Waals surface area contributed by atoms with Crippen LogP contribution >= 0.6 is 22.4 Å². The molecule has 0 aliphatic heterocycles. The Morgan fingerprint density at radius 2 is 0.733 bits per heavy atom. The summed E-state index contributed by atoms with van der Waals surface area (Å²) >= 11 is 4.24. The van der Waals surface area contributed by atoms with E-state index in [4.69, 9.17) is 21.3 Å². The fourth-order valence-corrected chi connectivity index (χ4v) is 16.3. The first-order valence-electron chi connectivity index (χ1n) is 44.6. The molecule has 0 fully saturated rings. The van der Waals surface area contributed by atoms with Crippen molar-refractivity contribution in [3.63, 3.8) is 0 Å². The van der Waals surface area contributed by atoms with E-state index in [0.29, 0.717) is 17.6 Å². The molecule has 1 N–H and O–H groups in total. The van der Waals surface area contributed by atoms with Gasteiger partial charge in [-0.2, -0.15) is 59.8 Å². The van der Waals surface area contributed by atoms with E-state index in [1.807, 2.05) is 200 Å². The first kappa shape index (κ1) is 90.9. The molecule has 0 saturated heterocycles. The molecule has 5 aromatic heterocycles. The van der Waals surface area contributed by atoms with Crippen LogP contribution in [0.4, 0.5) is 34.1 Å². The van der Waals surface area contributed by atoms with Crippen molar-refractivity contribution in [2.45, 2.75) is 0 Å². The Morgan fingerprint density at radius 1 is 0.333 bits per heavy atom. The Balaban J connectivity index is 0.000000142. The van der Waals surface area contributed by atoms with E-state index >= 15 is 0 Å². The first-order valence-corrected chi connectivity index (χ1v) is 44.7. The van der Waals surface area contributed by atoms with Gasteiger partial charge < -0.3 is 18.6 Å². The van der Waals surface area contributed by atoms with Crippen molar-refractivity contribution in [3.05, 3.63) is 534 Å². The summed E-state index contributed by atoms with van der Waals surface area (Å²) in [6.45, 7) is 0. The number of nitrogens with zero attached hydrogens (tertiary/aromatic N) is 9. The SMILES string of the molecule is [2H]N=P.[2H]S.[AlH][O]c1cccc2cccnc12.[Ir].[c-]1ccccc1.[c-]1ccccc1-c1cc(-c2ccccc2)ccn1.c1ccc(-c2ccc(-c3cccc4c5ccccc5n(-c5nc(-c6ccccc6)nc(-c6ccccc6)n5)c34)cc2)cc1.c1ccc(N(c2ccc(-c3ccc(N(c4ccccc4)c4cccc5ccccc45)cc3)cc2)c2cccc3ccccc23)cc1.c1ccncc1. The molecule has 11 nitrogen and oxygen atoms in total. The fraction of sp³-hybridized carbons (Fsp3) is 0. The minimum atomic E-state index is 0. The molecular weight excluding hydrogens is 1880 g/mol. The molecule has 0 spiro atoms. The van der Waals surface area contributed by atoms with Crippen molar-refractivity contribution in [1.82, 2.24) is 34.5 Å². The molecule has 135 heavy (non-hydrogen) atoms. The topological polar surface area (TPSA) is 122 Å². The molecule has 0 unspecified atom stereocenters. The molecule has 0 aliphatic carbocycles. The second-order valence-electron chi connectivity index (χ2n) is 30.6. The average Bonchev–Trinajstić information content (AvgIpc) is 1.58. The van der Waals surface area contributed by atoms with Crippen LogP contribution in [0.2, 0.25) is 1.41 Å². The number of hydrogen-bond donors (Lipinski definition) is 1. The number of benzene rings is 18. The third-order valence-electron chi connectivity index (χ3n) is 22.3. The number of para-hydroxylation sites is 5. The Bertz CT molecular complexity index is 7310. The summed E-state index contributed by atoms with van der Waals surface area (Å²) in [5, 5.41) is 10.9. The smallest absolute Gasteiger partial charge is 0.494 e. The van der Waals surface area contributed by atoms with E-state index in [1.54, 1.807) is 18.6 Å². The molecule has 18 aromatic carbocycles. The largest absolute Gasteiger partial charge is 0.649 e. The molecule has 0 atom stereocenters. The fourth-order valence-electron chi connectivity index (χ4n) is 16.0. The molecule has 23 rings (SSSR count). The van der Waals surface area contributed by atoms with E-state index in [1.165, 1.54) is 71.5 Å². The van der Waals surface area contributed by atoms with Gasteiger partial charge in [-0.05, 0) is 162 Å². The molecule has 0 amide bonds. The molecule has 0 saturated carbocycles. The molecule has 2 radical (unpaired) electrons. The van der Waals surface area contributed by atoms with Crippen LogP contribution in [-0.2, 0) is 20.1 Å². The molecular formula is C120H91AlIrN10OPS-2. The maximum atomic E-state index is 5.75. The monoisotopic (exact) mass is 1970 g/mol. The van der Waals surface area contributed by atoms with Gasteiger partial charge in [-0.25, -0.2) is 4.98 Å². The van der Waals surface area contributed by atoms with Gasteiger partial charge in [0.2, 0.25) is 5.95 Å². The summed E-state index contributed by atoms with van der Waals surface area (Å²) in [6.07, 6.45) is 7.12. The van der Waals surface area contributed by atoms with E-state index in [-0.39, 0.29) is 20.1 Å². The number of pyridine rings is 3. The maximum absolute atomic E-state index is 5.75. The summed E-state index contributed by atoms with van der Waals surface area (Å²) < 4.78 is 18.6. The van der Waals surface area contributed by atoms with Crippen molar-refractivity contribution in [3.8, 4) is 90.2 Å². The Labute approximate surface area is 821 Å². The van der Waals surface area contributed by atoms with E-state index in [2.05, 4.69) is 372 Å². The Hall–Kier alpha value is -16.0. The van der Waals surface area contributed by atoms with Crippen LogP contribution in [0.3, 0.4) is 0 Å². The molecule has 0 bridgehead atoms. The van der Waals surface area contributed by atoms with Gasteiger partial charge in [0.25, 0.3) is 0 Å². The van der Waals surface area contributed by atoms with Gasteiger partial charge in [0.15, 0.2) is 13.1 Å². The normalized spacial score (nSPS) is 10.5. The van der Waals surface area contributed by atoms with Gasteiger partial charge >= 0.3 is 16.6 Å². The minimum Gasteiger partial charge on any atom is -0.649 e. The standard InChI is InChI=1S/C44H32N2.C39H26N4.C17H12N.C9H7NO.C6H5.C5H5N.Al.Ir.H2NP.H2S.H/c1-3-17-37(18-4-1)45(43-23-11-15-35-13-7-9-21-41(35)43)39-29-25-33(26-30-39)34-27-31-40(32-28-34)46(38-19-5-2-6-20-38)44-24-12-16-36-14-8-10-22-42(36)44;1-4-13-27(14-5-1)28-23-25-29(26-24-28)32-20-12-21-34-33-19-10-11-22-35(33)43(36(32)34)39-41-37(30-15-6-2-7-16-30)40-38(42-39)31-17-8-3-9-18-31;1-3-7-14(8-4-1)16-11-12-18-17(13-16)15-9-5-2-6-10-15;11-8-5-1-3-7-4-2-6-10-9(7)8;2*1-2-4-6-5-3-1;;;1-2;;/h1-32H;1-26H;1-9,11-13H;1-6,11H;2*1-5H;;;1-2H;1H2;/q;;-1;;-1;;+1;;;;/p-1/i/hD2. The second kappa shape index (κ2) is 47.7. The van der Waals surface area contributed by atoms with Crippen molar-refractivity contribution < 1.29 is 25.3 Å². The number of rotatable bonds is 15. The summed E-state index contributed by atoms with van der Waals surface area (Å²) in [5.74, 6) is 2.71. The summed E-state index contributed by atoms with van der Waals surface area (Å²) in [6, 6.07) is 177. The zero-order valence-electron chi connectivity index (χ0n) is 75.5. The van der Waals surface area contributed by atoms with Crippen molar-refractivity contribution >= 4 is 127 Å². The van der Waals surface area contributed by atoms with Gasteiger partial charge in [-0.3, -0.25) is 19.7 Å². The van der Waals surface area contributed by atoms with E-state index in [9.17, 15) is 0 Å². The van der Waals surface area contributed by atoms with Gasteiger partial charge in [0, 0.05) is 111 Å². The number of anilines is 6. The van der Waals surface area contributed by atoms with Crippen LogP contribution in [0, 0.1) is 17.3 Å². The van der Waals surface area contributed by atoms with Gasteiger partial charge in [-0.1, -0.05) is 346 Å². The average molecular weight is 1970 g/mol. The van der Waals surface area contributed by atoms with Crippen LogP contribution < -0.4 is 13.6 Å². The van der Waals surface area contributed by atoms with Crippen molar-refractivity contribution in [2.24, 2.45) is 0 Å². The van der Waals surface area contributed by atoms with E-state index in [0.717, 1.165) is 106 Å². The van der Waals surface area contributed by atoms with Crippen molar-refractivity contribution in [2.75, 3.05) is 9.80 Å². The third-order valence-corrected chi connectivity index (χ3v) is 22.6. The molecule has 0 aliphatic rings. The Morgan fingerprint density at radius 3 is 1.22 bits per heavy atom. The number of fused-ring (bicyclic) bond motifs is 6. The first-order chi connectivity index (χ1) is 67.4. The van der Waals surface area contributed by atoms with Gasteiger partial charge in [-0.15, -0.1) is 35.9 Å². The van der Waals surface area contributed by atoms with Crippen LogP contribution in [-0.4, -0.2) is 52.2 Å². The number of aromatic nitrogens is 7.